The Labute approximate surface area is 103 Å². The fourth-order valence-corrected chi connectivity index (χ4v) is 3.60. The minimum atomic E-state index is 0.852. The predicted octanol–water partition coefficient (Wildman–Crippen LogP) is 1.65. The molecule has 94 valence electrons. The Balaban J connectivity index is 1.48. The Hall–Kier alpha value is -0.900. The lowest BCUT2D eigenvalue weighted by molar-refractivity contribution is 0.317. The molecule has 3 atom stereocenters. The van der Waals surface area contributed by atoms with Crippen LogP contribution in [0.15, 0.2) is 0 Å². The average molecular weight is 234 g/mol. The lowest BCUT2D eigenvalue weighted by Gasteiger charge is -2.21. The van der Waals surface area contributed by atoms with Crippen molar-refractivity contribution in [1.29, 1.82) is 0 Å². The van der Waals surface area contributed by atoms with E-state index in [1.165, 1.54) is 25.7 Å². The molecule has 0 amide bonds. The van der Waals surface area contributed by atoms with Gasteiger partial charge in [-0.1, -0.05) is 6.42 Å². The average Bonchev–Trinajstić information content (AvgIpc) is 3.00. The SMILES string of the molecule is Cc1nnc(CNCC2CC3CCC2C3)n1C. The summed E-state index contributed by atoms with van der Waals surface area (Å²) in [6.07, 6.45) is 5.91. The fourth-order valence-electron chi connectivity index (χ4n) is 3.60. The standard InChI is InChI=1S/C13H22N4/c1-9-15-16-13(17(9)2)8-14-7-12-6-10-3-4-11(12)5-10/h10-12,14H,3-8H2,1-2H3. The first kappa shape index (κ1) is 11.2. The summed E-state index contributed by atoms with van der Waals surface area (Å²) >= 11 is 0. The van der Waals surface area contributed by atoms with E-state index in [-0.39, 0.29) is 0 Å². The van der Waals surface area contributed by atoms with E-state index < -0.39 is 0 Å². The van der Waals surface area contributed by atoms with E-state index in [4.69, 9.17) is 0 Å². The molecule has 2 aliphatic rings. The lowest BCUT2D eigenvalue weighted by Crippen LogP contribution is -2.27. The smallest absolute Gasteiger partial charge is 0.146 e. The number of rotatable bonds is 4. The second-order valence-electron chi connectivity index (χ2n) is 5.79. The van der Waals surface area contributed by atoms with E-state index in [2.05, 4.69) is 20.1 Å². The highest BCUT2D eigenvalue weighted by molar-refractivity contribution is 4.94. The molecule has 1 heterocycles. The molecular weight excluding hydrogens is 212 g/mol. The lowest BCUT2D eigenvalue weighted by atomic mass is 9.89. The van der Waals surface area contributed by atoms with Crippen molar-refractivity contribution in [2.24, 2.45) is 24.8 Å². The second-order valence-corrected chi connectivity index (χ2v) is 5.79. The number of fused-ring (bicyclic) bond motifs is 2. The number of nitrogens with one attached hydrogen (secondary N) is 1. The highest BCUT2D eigenvalue weighted by atomic mass is 15.3. The van der Waals surface area contributed by atoms with E-state index in [0.29, 0.717) is 0 Å². The van der Waals surface area contributed by atoms with Gasteiger partial charge in [-0.05, 0) is 50.5 Å². The van der Waals surface area contributed by atoms with Crippen molar-refractivity contribution < 1.29 is 0 Å². The van der Waals surface area contributed by atoms with E-state index in [1.807, 2.05) is 14.0 Å². The van der Waals surface area contributed by atoms with Crippen LogP contribution in [0.25, 0.3) is 0 Å². The zero-order valence-electron chi connectivity index (χ0n) is 10.8. The molecule has 1 N–H and O–H groups in total. The molecule has 3 unspecified atom stereocenters. The van der Waals surface area contributed by atoms with Crippen LogP contribution < -0.4 is 5.32 Å². The minimum absolute atomic E-state index is 0.852. The number of aryl methyl sites for hydroxylation is 1. The van der Waals surface area contributed by atoms with Crippen LogP contribution in [0, 0.1) is 24.7 Å². The van der Waals surface area contributed by atoms with Gasteiger partial charge in [0.2, 0.25) is 0 Å². The Morgan fingerprint density at radius 3 is 2.76 bits per heavy atom. The van der Waals surface area contributed by atoms with Gasteiger partial charge in [-0.2, -0.15) is 0 Å². The van der Waals surface area contributed by atoms with Crippen molar-refractivity contribution in [3.05, 3.63) is 11.6 Å². The number of aromatic nitrogens is 3. The maximum absolute atomic E-state index is 4.18. The van der Waals surface area contributed by atoms with Gasteiger partial charge in [0.1, 0.15) is 11.6 Å². The molecule has 0 radical (unpaired) electrons. The van der Waals surface area contributed by atoms with Crippen LogP contribution in [0.4, 0.5) is 0 Å². The Bertz CT molecular complexity index is 398. The maximum Gasteiger partial charge on any atom is 0.146 e. The van der Waals surface area contributed by atoms with E-state index in [1.54, 1.807) is 0 Å². The first-order valence-corrected chi connectivity index (χ1v) is 6.79. The normalized spacial score (nSPS) is 31.3. The van der Waals surface area contributed by atoms with Crippen LogP contribution >= 0.6 is 0 Å². The van der Waals surface area contributed by atoms with Gasteiger partial charge in [0, 0.05) is 7.05 Å². The third-order valence-corrected chi connectivity index (χ3v) is 4.76. The molecule has 17 heavy (non-hydrogen) atoms. The van der Waals surface area contributed by atoms with Gasteiger partial charge in [0.25, 0.3) is 0 Å². The highest BCUT2D eigenvalue weighted by Crippen LogP contribution is 2.47. The van der Waals surface area contributed by atoms with Gasteiger partial charge in [-0.3, -0.25) is 0 Å². The summed E-state index contributed by atoms with van der Waals surface area (Å²) in [6.45, 7) is 4.00. The number of hydrogen-bond donors (Lipinski definition) is 1. The van der Waals surface area contributed by atoms with Gasteiger partial charge >= 0.3 is 0 Å². The van der Waals surface area contributed by atoms with Gasteiger partial charge in [0.15, 0.2) is 0 Å². The van der Waals surface area contributed by atoms with Crippen LogP contribution in [0.1, 0.15) is 37.3 Å². The Morgan fingerprint density at radius 2 is 2.18 bits per heavy atom. The van der Waals surface area contributed by atoms with Crippen molar-refractivity contribution in [1.82, 2.24) is 20.1 Å². The van der Waals surface area contributed by atoms with Gasteiger partial charge in [0.05, 0.1) is 6.54 Å². The summed E-state index contributed by atoms with van der Waals surface area (Å²) < 4.78 is 2.06. The third-order valence-electron chi connectivity index (χ3n) is 4.76. The van der Waals surface area contributed by atoms with Crippen LogP contribution in [0.2, 0.25) is 0 Å². The molecule has 4 heteroatoms. The van der Waals surface area contributed by atoms with Crippen molar-refractivity contribution in [3.8, 4) is 0 Å². The molecule has 2 saturated carbocycles. The minimum Gasteiger partial charge on any atom is -0.317 e. The van der Waals surface area contributed by atoms with Crippen molar-refractivity contribution in [2.75, 3.05) is 6.54 Å². The predicted molar refractivity (Wildman–Crippen MR) is 66.4 cm³/mol. The van der Waals surface area contributed by atoms with Crippen molar-refractivity contribution in [3.63, 3.8) is 0 Å². The summed E-state index contributed by atoms with van der Waals surface area (Å²) in [5.74, 6) is 5.01. The number of hydrogen-bond acceptors (Lipinski definition) is 3. The molecule has 1 aromatic rings. The van der Waals surface area contributed by atoms with Crippen LogP contribution in [0.3, 0.4) is 0 Å². The Morgan fingerprint density at radius 1 is 1.29 bits per heavy atom. The summed E-state index contributed by atoms with van der Waals surface area (Å²) in [5, 5.41) is 11.8. The van der Waals surface area contributed by atoms with Crippen LogP contribution in [-0.2, 0) is 13.6 Å². The summed E-state index contributed by atoms with van der Waals surface area (Å²) in [6, 6.07) is 0. The molecule has 3 rings (SSSR count). The molecule has 0 aromatic carbocycles. The topological polar surface area (TPSA) is 42.7 Å². The molecule has 2 aliphatic carbocycles. The monoisotopic (exact) mass is 234 g/mol. The number of nitrogens with zero attached hydrogens (tertiary/aromatic N) is 3. The molecule has 2 bridgehead atoms. The van der Waals surface area contributed by atoms with Gasteiger partial charge in [-0.25, -0.2) is 0 Å². The van der Waals surface area contributed by atoms with E-state index in [0.717, 1.165) is 42.5 Å². The summed E-state index contributed by atoms with van der Waals surface area (Å²) in [5.41, 5.74) is 0. The van der Waals surface area contributed by atoms with Crippen molar-refractivity contribution >= 4 is 0 Å². The summed E-state index contributed by atoms with van der Waals surface area (Å²) in [7, 11) is 2.03. The molecule has 0 aliphatic heterocycles. The third kappa shape index (κ3) is 2.10. The molecule has 4 nitrogen and oxygen atoms in total. The van der Waals surface area contributed by atoms with Gasteiger partial charge in [-0.15, -0.1) is 10.2 Å². The van der Waals surface area contributed by atoms with E-state index in [9.17, 15) is 0 Å². The quantitative estimate of drug-likeness (QED) is 0.861. The molecule has 2 fully saturated rings. The van der Waals surface area contributed by atoms with Gasteiger partial charge < -0.3 is 9.88 Å². The first-order valence-electron chi connectivity index (χ1n) is 6.79. The van der Waals surface area contributed by atoms with E-state index >= 15 is 0 Å². The van der Waals surface area contributed by atoms with Crippen LogP contribution in [0.5, 0.6) is 0 Å². The largest absolute Gasteiger partial charge is 0.317 e. The fraction of sp³-hybridized carbons (Fsp3) is 0.846. The van der Waals surface area contributed by atoms with Crippen molar-refractivity contribution in [2.45, 2.75) is 39.2 Å². The maximum atomic E-state index is 4.18. The van der Waals surface area contributed by atoms with Crippen LogP contribution in [-0.4, -0.2) is 21.3 Å². The molecular formula is C13H22N4. The highest BCUT2D eigenvalue weighted by Gasteiger charge is 2.38. The zero-order valence-corrected chi connectivity index (χ0v) is 10.8. The molecule has 1 aromatic heterocycles. The second kappa shape index (κ2) is 4.41. The molecule has 0 spiro atoms. The summed E-state index contributed by atoms with van der Waals surface area (Å²) in [4.78, 5) is 0. The Kier molecular flexibility index (Phi) is 2.90. The molecule has 0 saturated heterocycles. The zero-order chi connectivity index (χ0) is 11.8. The first-order chi connectivity index (χ1) is 8.24.